The predicted octanol–water partition coefficient (Wildman–Crippen LogP) is 10.6. The van der Waals surface area contributed by atoms with Gasteiger partial charge in [0.15, 0.2) is 0 Å². The molecule has 8 heteroatoms. The molecule has 1 aliphatic rings. The molecule has 0 unspecified atom stereocenters. The van der Waals surface area contributed by atoms with Crippen LogP contribution in [0.15, 0.2) is 85.3 Å². The van der Waals surface area contributed by atoms with Crippen molar-refractivity contribution in [2.45, 2.75) is 66.2 Å². The van der Waals surface area contributed by atoms with Crippen LogP contribution >= 0.6 is 0 Å². The van der Waals surface area contributed by atoms with Gasteiger partial charge in [0, 0.05) is 0 Å². The molecular formula is C44H47N7Pt. The third kappa shape index (κ3) is 9.08. The molecule has 7 nitrogen and oxygen atoms in total. The van der Waals surface area contributed by atoms with Gasteiger partial charge >= 0.3 is 21.1 Å². The minimum absolute atomic E-state index is 0. The van der Waals surface area contributed by atoms with Crippen LogP contribution in [0, 0.1) is 42.1 Å². The van der Waals surface area contributed by atoms with Crippen LogP contribution in [0.4, 0.5) is 11.4 Å². The fourth-order valence-electron chi connectivity index (χ4n) is 6.21. The average Bonchev–Trinajstić information content (AvgIpc) is 3.72. The third-order valence-corrected chi connectivity index (χ3v) is 8.91. The summed E-state index contributed by atoms with van der Waals surface area (Å²) in [7, 11) is 4.06. The molecule has 1 N–H and O–H groups in total. The Bertz CT molecular complexity index is 2060. The molecular weight excluding hydrogens is 822 g/mol. The molecule has 0 saturated heterocycles. The standard InChI is InChI=1S/C30H41N4.C14H6N3.Pt/c1-10-11-32(8)19-31-26-14-25(15-27(18-26)34-13-12-33(9)20-34)30-28(22(4)5)16-24(21(2)3)17-29(30)23(6)7;15-7-9-1-3-13-11(5-9)12-6-10(8-16)2-4-14(12)17-13;/h10-17,19-23,31H,1-9H3;1-6H;/q-3;-1;+4/b11-10-;;. The van der Waals surface area contributed by atoms with Gasteiger partial charge in [-0.2, -0.15) is 23.9 Å². The molecule has 0 bridgehead atoms. The van der Waals surface area contributed by atoms with Crippen LogP contribution in [0.25, 0.3) is 32.9 Å². The van der Waals surface area contributed by atoms with E-state index in [1.807, 2.05) is 69.1 Å². The molecule has 268 valence electrons. The molecule has 0 spiro atoms. The Hall–Kier alpha value is -4.97. The maximum absolute atomic E-state index is 8.88. The molecule has 5 aromatic rings. The zero-order chi connectivity index (χ0) is 36.8. The fourth-order valence-corrected chi connectivity index (χ4v) is 6.21. The van der Waals surface area contributed by atoms with Gasteiger partial charge < -0.3 is 25.0 Å². The van der Waals surface area contributed by atoms with Crippen LogP contribution in [-0.4, -0.2) is 23.9 Å². The van der Waals surface area contributed by atoms with E-state index >= 15 is 0 Å². The smallest absolute Gasteiger partial charge is 0.657 e. The number of fused-ring (bicyclic) bond motifs is 3. The Morgan fingerprint density at radius 3 is 1.88 bits per heavy atom. The van der Waals surface area contributed by atoms with Crippen molar-refractivity contribution < 1.29 is 21.1 Å². The summed E-state index contributed by atoms with van der Waals surface area (Å²) in [5.74, 6) is 1.34. The second-order valence-corrected chi connectivity index (χ2v) is 13.9. The Morgan fingerprint density at radius 1 is 0.846 bits per heavy atom. The van der Waals surface area contributed by atoms with E-state index < -0.39 is 0 Å². The summed E-state index contributed by atoms with van der Waals surface area (Å²) in [6, 6.07) is 27.9. The van der Waals surface area contributed by atoms with Crippen molar-refractivity contribution in [1.29, 1.82) is 10.5 Å². The average molecular weight is 869 g/mol. The number of aromatic nitrogens is 1. The summed E-state index contributed by atoms with van der Waals surface area (Å²) >= 11 is 0. The number of nitrogens with one attached hydrogen (secondary N) is 1. The summed E-state index contributed by atoms with van der Waals surface area (Å²) in [6.45, 7) is 19.8. The van der Waals surface area contributed by atoms with E-state index in [2.05, 4.69) is 123 Å². The molecule has 1 aromatic heterocycles. The van der Waals surface area contributed by atoms with Gasteiger partial charge in [-0.25, -0.2) is 0 Å². The number of nitrogens with zero attached hydrogens (tertiary/aromatic N) is 6. The number of hydrogen-bond acceptors (Lipinski definition) is 6. The Balaban J connectivity index is 0.000000280. The molecule has 0 fully saturated rings. The second kappa shape index (κ2) is 17.5. The number of hydrogen-bond donors (Lipinski definition) is 1. The molecule has 0 amide bonds. The zero-order valence-corrected chi connectivity index (χ0v) is 33.7. The monoisotopic (exact) mass is 868 g/mol. The van der Waals surface area contributed by atoms with Gasteiger partial charge in [0.25, 0.3) is 0 Å². The van der Waals surface area contributed by atoms with Crippen molar-refractivity contribution in [3.8, 4) is 23.3 Å². The van der Waals surface area contributed by atoms with Gasteiger partial charge in [-0.05, 0) is 115 Å². The van der Waals surface area contributed by atoms with Crippen molar-refractivity contribution in [3.05, 3.63) is 133 Å². The van der Waals surface area contributed by atoms with Gasteiger partial charge in [0.05, 0.1) is 23.3 Å². The predicted molar refractivity (Wildman–Crippen MR) is 211 cm³/mol. The van der Waals surface area contributed by atoms with Crippen LogP contribution in [-0.2, 0) is 21.1 Å². The molecule has 0 aliphatic carbocycles. The first-order chi connectivity index (χ1) is 24.4. The van der Waals surface area contributed by atoms with E-state index in [4.69, 9.17) is 10.5 Å². The summed E-state index contributed by atoms with van der Waals surface area (Å²) in [5.41, 5.74) is 11.7. The number of rotatable bonds is 9. The van der Waals surface area contributed by atoms with Gasteiger partial charge in [0.2, 0.25) is 0 Å². The SMILES string of the molecule is C/C=C\N(C)[CH-]Nc1[c-]c(N2C=CN(C)[CH-]2)cc(-c2c(C(C)C)cc(C(C)C)cc2C(C)C)c1.N#Cc1ccc2[n-]c3ccc(C#N)cc3c2c1.[Pt+4]. The molecule has 52 heavy (non-hydrogen) atoms. The molecule has 1 aliphatic heterocycles. The van der Waals surface area contributed by atoms with Gasteiger partial charge in [-0.15, -0.1) is 46.2 Å². The van der Waals surface area contributed by atoms with Crippen LogP contribution in [0.2, 0.25) is 0 Å². The van der Waals surface area contributed by atoms with Crippen molar-refractivity contribution in [2.75, 3.05) is 24.3 Å². The first-order valence-corrected chi connectivity index (χ1v) is 17.5. The molecule has 2 heterocycles. The van der Waals surface area contributed by atoms with E-state index in [1.54, 1.807) is 12.1 Å². The Morgan fingerprint density at radius 2 is 1.42 bits per heavy atom. The van der Waals surface area contributed by atoms with Gasteiger partial charge in [-0.3, -0.25) is 0 Å². The number of allylic oxidation sites excluding steroid dienone is 1. The van der Waals surface area contributed by atoms with Crippen molar-refractivity contribution in [2.24, 2.45) is 0 Å². The quantitative estimate of drug-likeness (QED) is 0.148. The van der Waals surface area contributed by atoms with Gasteiger partial charge in [0.1, 0.15) is 0 Å². The maximum atomic E-state index is 8.88. The Labute approximate surface area is 324 Å². The molecule has 0 atom stereocenters. The van der Waals surface area contributed by atoms with Crippen molar-refractivity contribution >= 4 is 33.2 Å². The summed E-state index contributed by atoms with van der Waals surface area (Å²) in [4.78, 5) is 10.6. The molecule has 0 radical (unpaired) electrons. The Kier molecular flexibility index (Phi) is 13.4. The van der Waals surface area contributed by atoms with Crippen LogP contribution in [0.1, 0.15) is 94.0 Å². The molecule has 6 rings (SSSR count). The van der Waals surface area contributed by atoms with E-state index in [-0.39, 0.29) is 21.1 Å². The topological polar surface area (TPSA) is 83.4 Å². The first-order valence-electron chi connectivity index (χ1n) is 17.5. The number of nitriles is 2. The summed E-state index contributed by atoms with van der Waals surface area (Å²) in [5, 5.41) is 23.1. The van der Waals surface area contributed by atoms with E-state index in [9.17, 15) is 0 Å². The number of benzene rings is 4. The normalized spacial score (nSPS) is 12.4. The third-order valence-electron chi connectivity index (χ3n) is 8.91. The summed E-state index contributed by atoms with van der Waals surface area (Å²) in [6.07, 6.45) is 8.16. The van der Waals surface area contributed by atoms with Crippen LogP contribution < -0.4 is 15.2 Å². The molecule has 4 aromatic carbocycles. The van der Waals surface area contributed by atoms with Gasteiger partial charge in [-0.1, -0.05) is 71.9 Å². The first kappa shape index (κ1) is 39.8. The van der Waals surface area contributed by atoms with E-state index in [0.29, 0.717) is 28.9 Å². The van der Waals surface area contributed by atoms with E-state index in [0.717, 1.165) is 33.2 Å². The van der Waals surface area contributed by atoms with Crippen molar-refractivity contribution in [3.63, 3.8) is 0 Å². The van der Waals surface area contributed by atoms with Crippen LogP contribution in [0.3, 0.4) is 0 Å². The number of anilines is 2. The fraction of sp³-hybridized carbons (Fsp3) is 0.273. The van der Waals surface area contributed by atoms with E-state index in [1.165, 1.54) is 27.8 Å². The molecule has 0 saturated carbocycles. The zero-order valence-electron chi connectivity index (χ0n) is 31.5. The largest absolute Gasteiger partial charge is 4.00 e. The minimum atomic E-state index is 0. The van der Waals surface area contributed by atoms with Crippen LogP contribution in [0.5, 0.6) is 0 Å². The maximum Gasteiger partial charge on any atom is 4.00 e. The van der Waals surface area contributed by atoms with Crippen molar-refractivity contribution in [1.82, 2.24) is 14.8 Å². The minimum Gasteiger partial charge on any atom is -0.657 e. The summed E-state index contributed by atoms with van der Waals surface area (Å²) < 4.78 is 0. The second-order valence-electron chi connectivity index (χ2n) is 13.9.